The summed E-state index contributed by atoms with van der Waals surface area (Å²) in [5.41, 5.74) is 0.960. The van der Waals surface area contributed by atoms with Crippen molar-refractivity contribution in [1.82, 2.24) is 9.97 Å². The highest BCUT2D eigenvalue weighted by atomic mass is 16.3. The van der Waals surface area contributed by atoms with Gasteiger partial charge in [0, 0.05) is 0 Å². The van der Waals surface area contributed by atoms with Crippen molar-refractivity contribution in [3.63, 3.8) is 0 Å². The van der Waals surface area contributed by atoms with Crippen LogP contribution in [0.3, 0.4) is 0 Å². The van der Waals surface area contributed by atoms with E-state index in [2.05, 4.69) is 9.97 Å². The lowest BCUT2D eigenvalue weighted by Crippen LogP contribution is -2.02. The third-order valence-electron chi connectivity index (χ3n) is 1.53. The Balaban J connectivity index is 2.96. The maximum absolute atomic E-state index is 9.15. The normalized spacial score (nSPS) is 15.7. The van der Waals surface area contributed by atoms with Gasteiger partial charge in [-0.25, -0.2) is 4.98 Å². The molecule has 2 atom stereocenters. The van der Waals surface area contributed by atoms with E-state index in [0.29, 0.717) is 11.4 Å². The quantitative estimate of drug-likeness (QED) is 0.678. The summed E-state index contributed by atoms with van der Waals surface area (Å²) in [6, 6.07) is 0. The van der Waals surface area contributed by atoms with Crippen LogP contribution in [0.4, 0.5) is 0 Å². The largest absolute Gasteiger partial charge is 0.387 e. The Morgan fingerprint density at radius 2 is 1.50 bits per heavy atom. The topological polar surface area (TPSA) is 66.2 Å². The summed E-state index contributed by atoms with van der Waals surface area (Å²) in [4.78, 5) is 7.85. The van der Waals surface area contributed by atoms with Gasteiger partial charge in [0.2, 0.25) is 0 Å². The molecule has 0 aliphatic heterocycles. The molecule has 1 aromatic heterocycles. The summed E-state index contributed by atoms with van der Waals surface area (Å²) < 4.78 is 0. The molecule has 0 aliphatic carbocycles. The molecule has 0 fully saturated rings. The molecular formula is C8H12N2O2. The van der Waals surface area contributed by atoms with E-state index in [1.165, 1.54) is 12.4 Å². The molecule has 0 bridgehead atoms. The van der Waals surface area contributed by atoms with Crippen molar-refractivity contribution in [3.8, 4) is 0 Å². The zero-order chi connectivity index (χ0) is 9.14. The lowest BCUT2D eigenvalue weighted by atomic mass is 10.2. The van der Waals surface area contributed by atoms with Crippen LogP contribution in [-0.4, -0.2) is 20.2 Å². The van der Waals surface area contributed by atoms with Gasteiger partial charge in [-0.05, 0) is 13.8 Å². The van der Waals surface area contributed by atoms with Gasteiger partial charge in [0.1, 0.15) is 0 Å². The third kappa shape index (κ3) is 1.99. The molecule has 4 heteroatoms. The van der Waals surface area contributed by atoms with Crippen molar-refractivity contribution < 1.29 is 10.2 Å². The summed E-state index contributed by atoms with van der Waals surface area (Å²) in [5.74, 6) is 0. The minimum atomic E-state index is -0.642. The summed E-state index contributed by atoms with van der Waals surface area (Å²) in [7, 11) is 0. The molecule has 1 heterocycles. The van der Waals surface area contributed by atoms with E-state index >= 15 is 0 Å². The van der Waals surface area contributed by atoms with Gasteiger partial charge in [0.05, 0.1) is 36.0 Å². The molecule has 0 radical (unpaired) electrons. The van der Waals surface area contributed by atoms with E-state index < -0.39 is 12.2 Å². The molecule has 12 heavy (non-hydrogen) atoms. The minimum Gasteiger partial charge on any atom is -0.387 e. The van der Waals surface area contributed by atoms with Gasteiger partial charge in [-0.1, -0.05) is 0 Å². The summed E-state index contributed by atoms with van der Waals surface area (Å²) in [5, 5.41) is 18.3. The fraction of sp³-hybridized carbons (Fsp3) is 0.500. The summed E-state index contributed by atoms with van der Waals surface area (Å²) in [6.45, 7) is 3.21. The molecule has 0 amide bonds. The fourth-order valence-corrected chi connectivity index (χ4v) is 0.799. The van der Waals surface area contributed by atoms with Crippen LogP contribution in [0.5, 0.6) is 0 Å². The van der Waals surface area contributed by atoms with Crippen molar-refractivity contribution in [2.24, 2.45) is 0 Å². The van der Waals surface area contributed by atoms with Crippen LogP contribution in [0.2, 0.25) is 0 Å². The van der Waals surface area contributed by atoms with E-state index in [-0.39, 0.29) is 0 Å². The number of aliphatic hydroxyl groups is 2. The van der Waals surface area contributed by atoms with E-state index in [1.807, 2.05) is 0 Å². The van der Waals surface area contributed by atoms with Crippen LogP contribution < -0.4 is 0 Å². The van der Waals surface area contributed by atoms with Crippen molar-refractivity contribution in [2.45, 2.75) is 26.1 Å². The number of hydrogen-bond acceptors (Lipinski definition) is 4. The smallest absolute Gasteiger partial charge is 0.0947 e. The first kappa shape index (κ1) is 9.09. The predicted octanol–water partition coefficient (Wildman–Crippen LogP) is 0.583. The Morgan fingerprint density at radius 3 is 1.83 bits per heavy atom. The van der Waals surface area contributed by atoms with E-state index in [9.17, 15) is 0 Å². The first-order chi connectivity index (χ1) is 5.61. The zero-order valence-electron chi connectivity index (χ0n) is 7.10. The Labute approximate surface area is 70.9 Å². The average molecular weight is 168 g/mol. The average Bonchev–Trinajstić information content (AvgIpc) is 2.04. The van der Waals surface area contributed by atoms with Gasteiger partial charge in [-0.2, -0.15) is 0 Å². The Bertz CT molecular complexity index is 238. The maximum atomic E-state index is 9.15. The molecule has 2 N–H and O–H groups in total. The highest BCUT2D eigenvalue weighted by Gasteiger charge is 2.07. The number of hydrogen-bond donors (Lipinski definition) is 2. The van der Waals surface area contributed by atoms with Crippen LogP contribution in [-0.2, 0) is 0 Å². The van der Waals surface area contributed by atoms with Gasteiger partial charge >= 0.3 is 0 Å². The molecule has 0 aromatic carbocycles. The standard InChI is InChI=1S/C8H12N2O2/c1-5(11)7-3-9-4-8(10-7)6(2)12/h3-6,11-12H,1-2H3. The highest BCUT2D eigenvalue weighted by Crippen LogP contribution is 2.11. The van der Waals surface area contributed by atoms with Crippen LogP contribution in [0.1, 0.15) is 37.4 Å². The van der Waals surface area contributed by atoms with E-state index in [4.69, 9.17) is 10.2 Å². The first-order valence-corrected chi connectivity index (χ1v) is 3.79. The Kier molecular flexibility index (Phi) is 2.73. The molecule has 1 aromatic rings. The number of rotatable bonds is 2. The molecule has 2 unspecified atom stereocenters. The van der Waals surface area contributed by atoms with Crippen molar-refractivity contribution in [1.29, 1.82) is 0 Å². The van der Waals surface area contributed by atoms with Gasteiger partial charge in [0.15, 0.2) is 0 Å². The number of aromatic nitrogens is 2. The molecule has 66 valence electrons. The van der Waals surface area contributed by atoms with Crippen molar-refractivity contribution >= 4 is 0 Å². The summed E-state index contributed by atoms with van der Waals surface area (Å²) >= 11 is 0. The maximum Gasteiger partial charge on any atom is 0.0947 e. The van der Waals surface area contributed by atoms with E-state index in [1.54, 1.807) is 13.8 Å². The second-order valence-electron chi connectivity index (χ2n) is 2.72. The fourth-order valence-electron chi connectivity index (χ4n) is 0.799. The lowest BCUT2D eigenvalue weighted by molar-refractivity contribution is 0.182. The van der Waals surface area contributed by atoms with Gasteiger partial charge < -0.3 is 10.2 Å². The molecular weight excluding hydrogens is 156 g/mol. The van der Waals surface area contributed by atoms with Crippen LogP contribution in [0.15, 0.2) is 12.4 Å². The Hall–Kier alpha value is -1.00. The van der Waals surface area contributed by atoms with E-state index in [0.717, 1.165) is 0 Å². The van der Waals surface area contributed by atoms with Crippen molar-refractivity contribution in [2.75, 3.05) is 0 Å². The SMILES string of the molecule is CC(O)c1cncc(C(C)O)n1. The monoisotopic (exact) mass is 168 g/mol. The predicted molar refractivity (Wildman–Crippen MR) is 43.3 cm³/mol. The first-order valence-electron chi connectivity index (χ1n) is 3.79. The third-order valence-corrected chi connectivity index (χ3v) is 1.53. The second-order valence-corrected chi connectivity index (χ2v) is 2.72. The number of nitrogens with zero attached hydrogens (tertiary/aromatic N) is 2. The molecule has 0 saturated heterocycles. The second kappa shape index (κ2) is 3.60. The molecule has 0 aliphatic rings. The highest BCUT2D eigenvalue weighted by molar-refractivity contribution is 5.06. The van der Waals surface area contributed by atoms with Gasteiger partial charge in [0.25, 0.3) is 0 Å². The van der Waals surface area contributed by atoms with Crippen LogP contribution in [0.25, 0.3) is 0 Å². The number of aliphatic hydroxyl groups excluding tert-OH is 2. The molecule has 0 saturated carbocycles. The molecule has 1 rings (SSSR count). The summed E-state index contributed by atoms with van der Waals surface area (Å²) in [6.07, 6.45) is 1.68. The van der Waals surface area contributed by atoms with Crippen LogP contribution in [0, 0.1) is 0 Å². The van der Waals surface area contributed by atoms with Gasteiger partial charge in [-0.3, -0.25) is 4.98 Å². The van der Waals surface area contributed by atoms with Crippen molar-refractivity contribution in [3.05, 3.63) is 23.8 Å². The Morgan fingerprint density at radius 1 is 1.08 bits per heavy atom. The lowest BCUT2D eigenvalue weighted by Gasteiger charge is -2.06. The minimum absolute atomic E-state index is 0.480. The molecule has 4 nitrogen and oxygen atoms in total. The zero-order valence-corrected chi connectivity index (χ0v) is 7.10. The molecule has 0 spiro atoms. The van der Waals surface area contributed by atoms with Gasteiger partial charge in [-0.15, -0.1) is 0 Å². The van der Waals surface area contributed by atoms with Crippen LogP contribution >= 0.6 is 0 Å².